The third kappa shape index (κ3) is 3.65. The zero-order valence-electron chi connectivity index (χ0n) is 14.6. The highest BCUT2D eigenvalue weighted by Gasteiger charge is 2.26. The molecule has 1 aliphatic rings. The Kier molecular flexibility index (Phi) is 5.26. The second-order valence-corrected chi connectivity index (χ2v) is 6.10. The van der Waals surface area contributed by atoms with Crippen molar-refractivity contribution in [1.29, 1.82) is 0 Å². The molecule has 0 aliphatic carbocycles. The van der Waals surface area contributed by atoms with Crippen LogP contribution in [-0.4, -0.2) is 26.6 Å². The SMILES string of the molecule is COc1ccc(N(c2ccc(OC)cc2)C2CCCC(C)O2)cc1. The van der Waals surface area contributed by atoms with Crippen molar-refractivity contribution in [2.45, 2.75) is 38.5 Å². The third-order valence-corrected chi connectivity index (χ3v) is 4.44. The number of ether oxygens (including phenoxy) is 3. The van der Waals surface area contributed by atoms with Crippen molar-refractivity contribution in [3.8, 4) is 11.5 Å². The fraction of sp³-hybridized carbons (Fsp3) is 0.400. The summed E-state index contributed by atoms with van der Waals surface area (Å²) in [6, 6.07) is 16.2. The molecule has 4 nitrogen and oxygen atoms in total. The molecule has 0 radical (unpaired) electrons. The van der Waals surface area contributed by atoms with E-state index < -0.39 is 0 Å². The first kappa shape index (κ1) is 16.7. The van der Waals surface area contributed by atoms with Crippen LogP contribution in [0.5, 0.6) is 11.5 Å². The minimum Gasteiger partial charge on any atom is -0.497 e. The van der Waals surface area contributed by atoms with Crippen molar-refractivity contribution >= 4 is 11.4 Å². The van der Waals surface area contributed by atoms with Gasteiger partial charge in [0.15, 0.2) is 0 Å². The lowest BCUT2D eigenvalue weighted by Gasteiger charge is -2.38. The monoisotopic (exact) mass is 327 g/mol. The van der Waals surface area contributed by atoms with Gasteiger partial charge in [-0.2, -0.15) is 0 Å². The summed E-state index contributed by atoms with van der Waals surface area (Å²) in [5.41, 5.74) is 2.19. The number of anilines is 2. The molecule has 0 amide bonds. The lowest BCUT2D eigenvalue weighted by atomic mass is 10.1. The maximum atomic E-state index is 6.23. The minimum absolute atomic E-state index is 0.0375. The van der Waals surface area contributed by atoms with Crippen LogP contribution in [0.1, 0.15) is 26.2 Å². The number of benzene rings is 2. The van der Waals surface area contributed by atoms with Gasteiger partial charge in [-0.05, 0) is 74.7 Å². The Morgan fingerprint density at radius 1 is 0.833 bits per heavy atom. The van der Waals surface area contributed by atoms with Gasteiger partial charge in [0.25, 0.3) is 0 Å². The summed E-state index contributed by atoms with van der Waals surface area (Å²) in [5.74, 6) is 1.71. The number of hydrogen-bond acceptors (Lipinski definition) is 4. The number of nitrogens with zero attached hydrogens (tertiary/aromatic N) is 1. The van der Waals surface area contributed by atoms with Gasteiger partial charge in [0.2, 0.25) is 0 Å². The zero-order valence-corrected chi connectivity index (χ0v) is 14.6. The summed E-state index contributed by atoms with van der Waals surface area (Å²) in [6.07, 6.45) is 3.63. The molecule has 24 heavy (non-hydrogen) atoms. The number of methoxy groups -OCH3 is 2. The first-order valence-electron chi connectivity index (χ1n) is 8.44. The van der Waals surface area contributed by atoms with E-state index in [4.69, 9.17) is 14.2 Å². The van der Waals surface area contributed by atoms with E-state index >= 15 is 0 Å². The molecule has 0 bridgehead atoms. The van der Waals surface area contributed by atoms with Crippen LogP contribution in [0.3, 0.4) is 0 Å². The van der Waals surface area contributed by atoms with E-state index in [9.17, 15) is 0 Å². The van der Waals surface area contributed by atoms with Gasteiger partial charge in [0, 0.05) is 11.4 Å². The largest absolute Gasteiger partial charge is 0.497 e. The number of rotatable bonds is 5. The molecule has 0 N–H and O–H groups in total. The molecule has 2 aromatic rings. The summed E-state index contributed by atoms with van der Waals surface area (Å²) in [7, 11) is 3.37. The predicted molar refractivity (Wildman–Crippen MR) is 96.3 cm³/mol. The second-order valence-electron chi connectivity index (χ2n) is 6.10. The van der Waals surface area contributed by atoms with Gasteiger partial charge in [-0.25, -0.2) is 0 Å². The van der Waals surface area contributed by atoms with Crippen LogP contribution in [0.15, 0.2) is 48.5 Å². The molecule has 128 valence electrons. The Bertz CT molecular complexity index is 591. The molecule has 1 saturated heterocycles. The van der Waals surface area contributed by atoms with Crippen LogP contribution >= 0.6 is 0 Å². The van der Waals surface area contributed by atoms with Crippen LogP contribution in [0, 0.1) is 0 Å². The van der Waals surface area contributed by atoms with E-state index in [1.54, 1.807) is 14.2 Å². The van der Waals surface area contributed by atoms with E-state index in [0.717, 1.165) is 35.7 Å². The first-order valence-corrected chi connectivity index (χ1v) is 8.44. The third-order valence-electron chi connectivity index (χ3n) is 4.44. The fourth-order valence-corrected chi connectivity index (χ4v) is 3.14. The summed E-state index contributed by atoms with van der Waals surface area (Å²) < 4.78 is 16.8. The highest BCUT2D eigenvalue weighted by Crippen LogP contribution is 2.34. The van der Waals surface area contributed by atoms with Crippen LogP contribution in [0.4, 0.5) is 11.4 Å². The van der Waals surface area contributed by atoms with Gasteiger partial charge in [-0.1, -0.05) is 0 Å². The summed E-state index contributed by atoms with van der Waals surface area (Å²) in [6.45, 7) is 2.15. The lowest BCUT2D eigenvalue weighted by Crippen LogP contribution is -2.39. The first-order chi connectivity index (χ1) is 11.7. The molecule has 1 heterocycles. The molecule has 4 heteroatoms. The topological polar surface area (TPSA) is 30.9 Å². The Morgan fingerprint density at radius 3 is 1.75 bits per heavy atom. The molecular formula is C20H25NO3. The van der Waals surface area contributed by atoms with Crippen molar-refractivity contribution in [2.75, 3.05) is 19.1 Å². The van der Waals surface area contributed by atoms with Crippen molar-refractivity contribution < 1.29 is 14.2 Å². The maximum Gasteiger partial charge on any atom is 0.134 e. The van der Waals surface area contributed by atoms with Gasteiger partial charge in [-0.3, -0.25) is 0 Å². The van der Waals surface area contributed by atoms with Crippen molar-refractivity contribution in [1.82, 2.24) is 0 Å². The van der Waals surface area contributed by atoms with Crippen molar-refractivity contribution in [3.05, 3.63) is 48.5 Å². The van der Waals surface area contributed by atoms with Crippen molar-refractivity contribution in [3.63, 3.8) is 0 Å². The average Bonchev–Trinajstić information content (AvgIpc) is 2.63. The standard InChI is InChI=1S/C20H25NO3/c1-15-5-4-6-20(24-15)21(16-7-11-18(22-2)12-8-16)17-9-13-19(23-3)14-10-17/h7-15,20H,4-6H2,1-3H3. The van der Waals surface area contributed by atoms with Gasteiger partial charge in [-0.15, -0.1) is 0 Å². The molecule has 2 aromatic carbocycles. The average molecular weight is 327 g/mol. The van der Waals surface area contributed by atoms with Gasteiger partial charge in [0.1, 0.15) is 17.7 Å². The highest BCUT2D eigenvalue weighted by atomic mass is 16.5. The quantitative estimate of drug-likeness (QED) is 0.792. The lowest BCUT2D eigenvalue weighted by molar-refractivity contribution is -0.0354. The van der Waals surface area contributed by atoms with E-state index in [0.29, 0.717) is 0 Å². The van der Waals surface area contributed by atoms with E-state index in [1.165, 1.54) is 6.42 Å². The summed E-state index contributed by atoms with van der Waals surface area (Å²) in [5, 5.41) is 0. The second kappa shape index (κ2) is 7.58. The predicted octanol–water partition coefficient (Wildman–Crippen LogP) is 4.76. The Morgan fingerprint density at radius 2 is 1.33 bits per heavy atom. The molecule has 2 atom stereocenters. The molecule has 1 fully saturated rings. The van der Waals surface area contributed by atoms with Crippen LogP contribution in [0.25, 0.3) is 0 Å². The van der Waals surface area contributed by atoms with Crippen LogP contribution in [-0.2, 0) is 4.74 Å². The van der Waals surface area contributed by atoms with E-state index in [2.05, 4.69) is 36.1 Å². The van der Waals surface area contributed by atoms with Crippen molar-refractivity contribution in [2.24, 2.45) is 0 Å². The molecule has 2 unspecified atom stereocenters. The van der Waals surface area contributed by atoms with Gasteiger partial charge in [0.05, 0.1) is 20.3 Å². The number of hydrogen-bond donors (Lipinski definition) is 0. The molecule has 0 saturated carbocycles. The Labute approximate surface area is 144 Å². The molecule has 3 rings (SSSR count). The highest BCUT2D eigenvalue weighted by molar-refractivity contribution is 5.65. The Balaban J connectivity index is 1.95. The smallest absolute Gasteiger partial charge is 0.134 e. The molecule has 0 aromatic heterocycles. The van der Waals surface area contributed by atoms with Crippen LogP contribution in [0.2, 0.25) is 0 Å². The van der Waals surface area contributed by atoms with Gasteiger partial charge < -0.3 is 19.1 Å². The van der Waals surface area contributed by atoms with E-state index in [1.807, 2.05) is 24.3 Å². The zero-order chi connectivity index (χ0) is 16.9. The Hall–Kier alpha value is -2.20. The van der Waals surface area contributed by atoms with Gasteiger partial charge >= 0.3 is 0 Å². The van der Waals surface area contributed by atoms with E-state index in [-0.39, 0.29) is 12.3 Å². The minimum atomic E-state index is 0.0375. The molecule has 0 spiro atoms. The summed E-state index contributed by atoms with van der Waals surface area (Å²) in [4.78, 5) is 2.26. The normalized spacial score (nSPS) is 20.5. The molecule has 1 aliphatic heterocycles. The molecular weight excluding hydrogens is 302 g/mol. The van der Waals surface area contributed by atoms with Crippen LogP contribution < -0.4 is 14.4 Å². The fourth-order valence-electron chi connectivity index (χ4n) is 3.14. The summed E-state index contributed by atoms with van der Waals surface area (Å²) >= 11 is 0. The maximum absolute atomic E-state index is 6.23.